The van der Waals surface area contributed by atoms with E-state index in [4.69, 9.17) is 4.74 Å². The van der Waals surface area contributed by atoms with Crippen molar-refractivity contribution >= 4 is 0 Å². The van der Waals surface area contributed by atoms with Crippen molar-refractivity contribution in [2.45, 2.75) is 44.3 Å². The van der Waals surface area contributed by atoms with Crippen molar-refractivity contribution in [3.63, 3.8) is 0 Å². The van der Waals surface area contributed by atoms with Crippen LogP contribution in [-0.2, 0) is 0 Å². The summed E-state index contributed by atoms with van der Waals surface area (Å²) in [5.74, 6) is 0.935. The van der Waals surface area contributed by atoms with Crippen LogP contribution in [0.25, 0.3) is 0 Å². The predicted octanol–water partition coefficient (Wildman–Crippen LogP) is 2.34. The molecule has 1 saturated carbocycles. The molecule has 4 nitrogen and oxygen atoms in total. The molecule has 1 aliphatic carbocycles. The molecule has 1 heterocycles. The molecule has 2 N–H and O–H groups in total. The van der Waals surface area contributed by atoms with Crippen molar-refractivity contribution in [2.24, 2.45) is 0 Å². The molecule has 1 saturated heterocycles. The molecule has 2 aliphatic rings. The van der Waals surface area contributed by atoms with Gasteiger partial charge in [0.2, 0.25) is 0 Å². The second kappa shape index (κ2) is 7.95. The zero-order chi connectivity index (χ0) is 15.2. The quantitative estimate of drug-likeness (QED) is 0.847. The number of ether oxygens (including phenoxy) is 1. The van der Waals surface area contributed by atoms with Gasteiger partial charge in [-0.25, -0.2) is 0 Å². The van der Waals surface area contributed by atoms with Crippen LogP contribution in [-0.4, -0.2) is 48.8 Å². The molecule has 22 heavy (non-hydrogen) atoms. The first-order chi connectivity index (χ1) is 10.8. The molecule has 2 fully saturated rings. The number of nitrogens with one attached hydrogen (secondary N) is 1. The van der Waals surface area contributed by atoms with Crippen LogP contribution in [0.15, 0.2) is 24.3 Å². The fourth-order valence-electron chi connectivity index (χ4n) is 3.37. The van der Waals surface area contributed by atoms with Crippen LogP contribution in [0.5, 0.6) is 5.75 Å². The van der Waals surface area contributed by atoms with Crippen molar-refractivity contribution in [3.8, 4) is 5.75 Å². The number of hydrogen-bond acceptors (Lipinski definition) is 4. The van der Waals surface area contributed by atoms with E-state index >= 15 is 0 Å². The lowest BCUT2D eigenvalue weighted by Crippen LogP contribution is -2.44. The van der Waals surface area contributed by atoms with E-state index in [1.807, 2.05) is 24.3 Å². The van der Waals surface area contributed by atoms with Gasteiger partial charge in [0.25, 0.3) is 0 Å². The minimum atomic E-state index is -0.379. The van der Waals surface area contributed by atoms with Gasteiger partial charge in [-0.2, -0.15) is 0 Å². The summed E-state index contributed by atoms with van der Waals surface area (Å²) < 4.78 is 5.97. The van der Waals surface area contributed by atoms with Gasteiger partial charge in [-0.3, -0.25) is 0 Å². The average molecular weight is 304 g/mol. The third kappa shape index (κ3) is 4.45. The van der Waals surface area contributed by atoms with Crippen LogP contribution < -0.4 is 10.1 Å². The van der Waals surface area contributed by atoms with Crippen molar-refractivity contribution in [1.29, 1.82) is 0 Å². The Hall–Kier alpha value is -1.10. The summed E-state index contributed by atoms with van der Waals surface area (Å²) in [5.41, 5.74) is 0.994. The van der Waals surface area contributed by atoms with E-state index in [1.54, 1.807) is 0 Å². The van der Waals surface area contributed by atoms with Crippen molar-refractivity contribution in [2.75, 3.05) is 32.7 Å². The van der Waals surface area contributed by atoms with Gasteiger partial charge >= 0.3 is 0 Å². The van der Waals surface area contributed by atoms with Crippen LogP contribution in [0, 0.1) is 0 Å². The standard InChI is InChI=1S/C18H28N2O2/c21-18(9-12-20-13-10-19-11-14-20)15-5-7-17(8-6-15)22-16-3-1-2-4-16/h5-8,16,18-19,21H,1-4,9-14H2. The normalized spacial score (nSPS) is 21.9. The maximum Gasteiger partial charge on any atom is 0.119 e. The summed E-state index contributed by atoms with van der Waals surface area (Å²) in [6.07, 6.45) is 5.73. The minimum absolute atomic E-state index is 0.379. The molecule has 0 radical (unpaired) electrons. The molecular weight excluding hydrogens is 276 g/mol. The summed E-state index contributed by atoms with van der Waals surface area (Å²) >= 11 is 0. The molecule has 1 aliphatic heterocycles. The van der Waals surface area contributed by atoms with Crippen LogP contribution >= 0.6 is 0 Å². The number of aliphatic hydroxyl groups is 1. The first-order valence-corrected chi connectivity index (χ1v) is 8.69. The van der Waals surface area contributed by atoms with Gasteiger partial charge < -0.3 is 20.1 Å². The molecule has 0 amide bonds. The van der Waals surface area contributed by atoms with Crippen LogP contribution in [0.1, 0.15) is 43.8 Å². The van der Waals surface area contributed by atoms with Crippen molar-refractivity contribution in [3.05, 3.63) is 29.8 Å². The average Bonchev–Trinajstić information content (AvgIpc) is 3.07. The molecule has 0 spiro atoms. The fourth-order valence-corrected chi connectivity index (χ4v) is 3.37. The number of aliphatic hydroxyl groups excluding tert-OH is 1. The highest BCUT2D eigenvalue weighted by molar-refractivity contribution is 5.28. The predicted molar refractivity (Wildman–Crippen MR) is 88.2 cm³/mol. The van der Waals surface area contributed by atoms with Crippen LogP contribution in [0.4, 0.5) is 0 Å². The van der Waals surface area contributed by atoms with Crippen LogP contribution in [0.3, 0.4) is 0 Å². The summed E-state index contributed by atoms with van der Waals surface area (Å²) in [4.78, 5) is 2.41. The molecule has 1 unspecified atom stereocenters. The lowest BCUT2D eigenvalue weighted by atomic mass is 10.1. The Morgan fingerprint density at radius 2 is 1.82 bits per heavy atom. The summed E-state index contributed by atoms with van der Waals surface area (Å²) in [6.45, 7) is 5.25. The molecule has 122 valence electrons. The highest BCUT2D eigenvalue weighted by Crippen LogP contribution is 2.26. The molecule has 3 rings (SSSR count). The van der Waals surface area contributed by atoms with Gasteiger partial charge in [0, 0.05) is 32.7 Å². The Labute approximate surface area is 133 Å². The highest BCUT2D eigenvalue weighted by Gasteiger charge is 2.17. The molecule has 0 aromatic heterocycles. The van der Waals surface area contributed by atoms with E-state index in [-0.39, 0.29) is 6.10 Å². The van der Waals surface area contributed by atoms with Crippen molar-refractivity contribution in [1.82, 2.24) is 10.2 Å². The van der Waals surface area contributed by atoms with E-state index in [2.05, 4.69) is 10.2 Å². The van der Waals surface area contributed by atoms with Gasteiger partial charge in [0.15, 0.2) is 0 Å². The Kier molecular flexibility index (Phi) is 5.70. The third-order valence-electron chi connectivity index (χ3n) is 4.80. The van der Waals surface area contributed by atoms with Crippen LogP contribution in [0.2, 0.25) is 0 Å². The molecule has 0 bridgehead atoms. The molecule has 4 heteroatoms. The topological polar surface area (TPSA) is 44.7 Å². The number of hydrogen-bond donors (Lipinski definition) is 2. The van der Waals surface area contributed by atoms with Gasteiger partial charge in [0.1, 0.15) is 5.75 Å². The van der Waals surface area contributed by atoms with E-state index in [0.717, 1.165) is 50.5 Å². The van der Waals surface area contributed by atoms with Crippen molar-refractivity contribution < 1.29 is 9.84 Å². The highest BCUT2D eigenvalue weighted by atomic mass is 16.5. The Balaban J connectivity index is 1.46. The summed E-state index contributed by atoms with van der Waals surface area (Å²) in [5, 5.41) is 13.7. The summed E-state index contributed by atoms with van der Waals surface area (Å²) in [7, 11) is 0. The summed E-state index contributed by atoms with van der Waals surface area (Å²) in [6, 6.07) is 8.02. The molecule has 1 atom stereocenters. The zero-order valence-corrected chi connectivity index (χ0v) is 13.3. The monoisotopic (exact) mass is 304 g/mol. The number of rotatable bonds is 6. The number of nitrogens with zero attached hydrogens (tertiary/aromatic N) is 1. The first-order valence-electron chi connectivity index (χ1n) is 8.69. The number of piperazine rings is 1. The van der Waals surface area contributed by atoms with E-state index < -0.39 is 0 Å². The minimum Gasteiger partial charge on any atom is -0.490 e. The number of benzene rings is 1. The van der Waals surface area contributed by atoms with Gasteiger partial charge in [0.05, 0.1) is 12.2 Å². The second-order valence-electron chi connectivity index (χ2n) is 6.49. The Bertz CT molecular complexity index is 437. The van der Waals surface area contributed by atoms with E-state index in [1.165, 1.54) is 25.7 Å². The lowest BCUT2D eigenvalue weighted by Gasteiger charge is -2.28. The lowest BCUT2D eigenvalue weighted by molar-refractivity contribution is 0.136. The first kappa shape index (κ1) is 15.8. The fraction of sp³-hybridized carbons (Fsp3) is 0.667. The second-order valence-corrected chi connectivity index (χ2v) is 6.49. The maximum atomic E-state index is 10.3. The smallest absolute Gasteiger partial charge is 0.119 e. The zero-order valence-electron chi connectivity index (χ0n) is 13.3. The van der Waals surface area contributed by atoms with Gasteiger partial charge in [-0.05, 0) is 49.8 Å². The Morgan fingerprint density at radius 1 is 1.14 bits per heavy atom. The van der Waals surface area contributed by atoms with Gasteiger partial charge in [-0.1, -0.05) is 12.1 Å². The molecule has 1 aromatic rings. The van der Waals surface area contributed by atoms with E-state index in [0.29, 0.717) is 6.10 Å². The SMILES string of the molecule is OC(CCN1CCNCC1)c1ccc(OC2CCCC2)cc1. The molecule has 1 aromatic carbocycles. The van der Waals surface area contributed by atoms with E-state index in [9.17, 15) is 5.11 Å². The molecular formula is C18H28N2O2. The maximum absolute atomic E-state index is 10.3. The Morgan fingerprint density at radius 3 is 2.50 bits per heavy atom. The largest absolute Gasteiger partial charge is 0.490 e. The third-order valence-corrected chi connectivity index (χ3v) is 4.80. The van der Waals surface area contributed by atoms with Gasteiger partial charge in [-0.15, -0.1) is 0 Å².